The Kier molecular flexibility index (Phi) is 3.91. The molecule has 1 fully saturated rings. The van der Waals surface area contributed by atoms with E-state index in [9.17, 15) is 9.90 Å². The Hall–Kier alpha value is -1.53. The van der Waals surface area contributed by atoms with E-state index in [4.69, 9.17) is 0 Å². The van der Waals surface area contributed by atoms with Gasteiger partial charge in [-0.05, 0) is 38.3 Å². The van der Waals surface area contributed by atoms with Crippen LogP contribution in [-0.2, 0) is 4.79 Å². The molecule has 21 heavy (non-hydrogen) atoms. The second-order valence-electron chi connectivity index (χ2n) is 5.71. The second kappa shape index (κ2) is 5.69. The number of hydrogen-bond acceptors (Lipinski definition) is 4. The maximum absolute atomic E-state index is 11.5. The van der Waals surface area contributed by atoms with Crippen molar-refractivity contribution in [1.82, 2.24) is 15.3 Å². The number of aromatic amines is 1. The number of nitrogens with zero attached hydrogens (tertiary/aromatic N) is 1. The van der Waals surface area contributed by atoms with Gasteiger partial charge in [-0.1, -0.05) is 23.9 Å². The highest BCUT2D eigenvalue weighted by Gasteiger charge is 2.38. The third-order valence-electron chi connectivity index (χ3n) is 3.78. The smallest absolute Gasteiger partial charge is 0.323 e. The lowest BCUT2D eigenvalue weighted by Gasteiger charge is -2.26. The van der Waals surface area contributed by atoms with Gasteiger partial charge in [-0.25, -0.2) is 4.98 Å². The van der Waals surface area contributed by atoms with Crippen LogP contribution >= 0.6 is 11.8 Å². The monoisotopic (exact) mass is 305 g/mol. The van der Waals surface area contributed by atoms with Crippen molar-refractivity contribution in [2.75, 3.05) is 5.75 Å². The van der Waals surface area contributed by atoms with Crippen molar-refractivity contribution < 1.29 is 9.90 Å². The van der Waals surface area contributed by atoms with Crippen LogP contribution in [0.4, 0.5) is 0 Å². The van der Waals surface area contributed by atoms with Crippen LogP contribution in [0.5, 0.6) is 0 Å². The quantitative estimate of drug-likeness (QED) is 0.685. The van der Waals surface area contributed by atoms with E-state index >= 15 is 0 Å². The lowest BCUT2D eigenvalue weighted by atomic mass is 9.99. The number of aliphatic carboxylic acids is 1. The summed E-state index contributed by atoms with van der Waals surface area (Å²) in [5.74, 6) is -0.0675. The molecule has 1 atom stereocenters. The predicted octanol–water partition coefficient (Wildman–Crippen LogP) is 2.64. The average Bonchev–Trinajstić information content (AvgIpc) is 3.15. The highest BCUT2D eigenvalue weighted by Crippen LogP contribution is 2.27. The Morgan fingerprint density at radius 2 is 2.29 bits per heavy atom. The maximum atomic E-state index is 11.5. The molecule has 1 aliphatic carbocycles. The number of carboxylic acid groups (broad SMARTS) is 1. The lowest BCUT2D eigenvalue weighted by molar-refractivity contribution is -0.144. The minimum atomic E-state index is -0.847. The summed E-state index contributed by atoms with van der Waals surface area (Å²) in [6.07, 6.45) is 2.74. The van der Waals surface area contributed by atoms with Gasteiger partial charge in [-0.15, -0.1) is 0 Å². The number of H-pyrrole nitrogens is 1. The summed E-state index contributed by atoms with van der Waals surface area (Å²) in [7, 11) is 0. The van der Waals surface area contributed by atoms with Crippen LogP contribution in [0.3, 0.4) is 0 Å². The van der Waals surface area contributed by atoms with Gasteiger partial charge in [-0.3, -0.25) is 10.1 Å². The van der Waals surface area contributed by atoms with Crippen LogP contribution in [0.25, 0.3) is 11.0 Å². The van der Waals surface area contributed by atoms with Crippen molar-refractivity contribution in [2.45, 2.75) is 42.9 Å². The second-order valence-corrected chi connectivity index (χ2v) is 6.80. The Balaban J connectivity index is 1.59. The lowest BCUT2D eigenvalue weighted by Crippen LogP contribution is -2.50. The zero-order chi connectivity index (χ0) is 14.9. The zero-order valence-corrected chi connectivity index (χ0v) is 12.7. The van der Waals surface area contributed by atoms with E-state index < -0.39 is 11.5 Å². The van der Waals surface area contributed by atoms with Gasteiger partial charge in [-0.2, -0.15) is 0 Å². The summed E-state index contributed by atoms with van der Waals surface area (Å²) in [5, 5.41) is 13.5. The van der Waals surface area contributed by atoms with Gasteiger partial charge in [0.1, 0.15) is 5.54 Å². The molecule has 1 aromatic carbocycles. The van der Waals surface area contributed by atoms with Crippen molar-refractivity contribution >= 4 is 28.8 Å². The van der Waals surface area contributed by atoms with E-state index in [1.807, 2.05) is 24.3 Å². The Labute approximate surface area is 127 Å². The SMILES string of the molecule is CC(CCSc1nc2ccccc2[nH]1)(NC1CC1)C(=O)O. The van der Waals surface area contributed by atoms with E-state index in [-0.39, 0.29) is 0 Å². The van der Waals surface area contributed by atoms with E-state index in [1.54, 1.807) is 18.7 Å². The van der Waals surface area contributed by atoms with Crippen LogP contribution in [0, 0.1) is 0 Å². The Bertz CT molecular complexity index is 620. The van der Waals surface area contributed by atoms with Crippen molar-refractivity contribution in [3.63, 3.8) is 0 Å². The van der Waals surface area contributed by atoms with Gasteiger partial charge < -0.3 is 10.1 Å². The average molecular weight is 305 g/mol. The number of thioether (sulfide) groups is 1. The number of para-hydroxylation sites is 2. The third-order valence-corrected chi connectivity index (χ3v) is 4.66. The van der Waals surface area contributed by atoms with Crippen LogP contribution in [0.2, 0.25) is 0 Å². The van der Waals surface area contributed by atoms with E-state index in [1.165, 1.54) is 0 Å². The summed E-state index contributed by atoms with van der Waals surface area (Å²) in [6.45, 7) is 1.77. The fraction of sp³-hybridized carbons (Fsp3) is 0.467. The fourth-order valence-electron chi connectivity index (χ4n) is 2.27. The molecular formula is C15H19N3O2S. The van der Waals surface area contributed by atoms with Gasteiger partial charge in [0, 0.05) is 11.8 Å². The van der Waals surface area contributed by atoms with Gasteiger partial charge in [0.25, 0.3) is 0 Å². The number of imidazole rings is 1. The van der Waals surface area contributed by atoms with Crippen LogP contribution < -0.4 is 5.32 Å². The number of carboxylic acids is 1. The number of rotatable bonds is 7. The molecular weight excluding hydrogens is 286 g/mol. The molecule has 2 aromatic rings. The fourth-order valence-corrected chi connectivity index (χ4v) is 3.32. The van der Waals surface area contributed by atoms with Gasteiger partial charge >= 0.3 is 5.97 Å². The Morgan fingerprint density at radius 3 is 2.95 bits per heavy atom. The molecule has 3 rings (SSSR count). The first-order valence-corrected chi connectivity index (χ1v) is 8.14. The number of fused-ring (bicyclic) bond motifs is 1. The van der Waals surface area contributed by atoms with Gasteiger partial charge in [0.05, 0.1) is 11.0 Å². The van der Waals surface area contributed by atoms with Crippen LogP contribution in [0.1, 0.15) is 26.2 Å². The molecule has 0 amide bonds. The molecule has 0 spiro atoms. The molecule has 0 saturated heterocycles. The van der Waals surface area contributed by atoms with Gasteiger partial charge in [0.15, 0.2) is 5.16 Å². The molecule has 1 heterocycles. The first kappa shape index (κ1) is 14.4. The summed E-state index contributed by atoms with van der Waals surface area (Å²) in [6, 6.07) is 8.26. The first-order valence-electron chi connectivity index (χ1n) is 7.15. The molecule has 1 saturated carbocycles. The first-order chi connectivity index (χ1) is 10.1. The minimum Gasteiger partial charge on any atom is -0.480 e. The van der Waals surface area contributed by atoms with Crippen molar-refractivity contribution in [2.24, 2.45) is 0 Å². The minimum absolute atomic E-state index is 0.377. The summed E-state index contributed by atoms with van der Waals surface area (Å²) < 4.78 is 0. The molecule has 1 aliphatic rings. The molecule has 0 aliphatic heterocycles. The van der Waals surface area contributed by atoms with Crippen molar-refractivity contribution in [3.05, 3.63) is 24.3 Å². The standard InChI is InChI=1S/C15H19N3O2S/c1-15(13(19)20,18-10-6-7-10)8-9-21-14-16-11-4-2-3-5-12(11)17-14/h2-5,10,18H,6-9H2,1H3,(H,16,17)(H,19,20). The maximum Gasteiger partial charge on any atom is 0.323 e. The van der Waals surface area contributed by atoms with E-state index in [2.05, 4.69) is 15.3 Å². The van der Waals surface area contributed by atoms with Crippen molar-refractivity contribution in [3.8, 4) is 0 Å². The molecule has 6 heteroatoms. The highest BCUT2D eigenvalue weighted by atomic mass is 32.2. The highest BCUT2D eigenvalue weighted by molar-refractivity contribution is 7.99. The Morgan fingerprint density at radius 1 is 1.52 bits per heavy atom. The van der Waals surface area contributed by atoms with Crippen molar-refractivity contribution in [1.29, 1.82) is 0 Å². The number of nitrogens with one attached hydrogen (secondary N) is 2. The summed E-state index contributed by atoms with van der Waals surface area (Å²) in [5.41, 5.74) is 1.11. The third kappa shape index (κ3) is 3.39. The van der Waals surface area contributed by atoms with E-state index in [0.29, 0.717) is 18.2 Å². The summed E-state index contributed by atoms with van der Waals surface area (Å²) >= 11 is 1.57. The number of carbonyl (C=O) groups is 1. The number of aromatic nitrogens is 2. The molecule has 3 N–H and O–H groups in total. The topological polar surface area (TPSA) is 78.0 Å². The molecule has 0 bridgehead atoms. The largest absolute Gasteiger partial charge is 0.480 e. The molecule has 1 unspecified atom stereocenters. The number of hydrogen-bond donors (Lipinski definition) is 3. The number of benzene rings is 1. The normalized spacial score (nSPS) is 17.8. The van der Waals surface area contributed by atoms with Crippen LogP contribution in [-0.4, -0.2) is 38.4 Å². The molecule has 1 aromatic heterocycles. The molecule has 0 radical (unpaired) electrons. The predicted molar refractivity (Wildman–Crippen MR) is 83.6 cm³/mol. The zero-order valence-electron chi connectivity index (χ0n) is 11.9. The van der Waals surface area contributed by atoms with Crippen LogP contribution in [0.15, 0.2) is 29.4 Å². The van der Waals surface area contributed by atoms with E-state index in [0.717, 1.165) is 29.0 Å². The summed E-state index contributed by atoms with van der Waals surface area (Å²) in [4.78, 5) is 19.2. The van der Waals surface area contributed by atoms with Gasteiger partial charge in [0.2, 0.25) is 0 Å². The molecule has 5 nitrogen and oxygen atoms in total. The molecule has 112 valence electrons.